The molecule has 7 heteroatoms. The predicted molar refractivity (Wildman–Crippen MR) is 123 cm³/mol. The van der Waals surface area contributed by atoms with Gasteiger partial charge in [0.15, 0.2) is 0 Å². The number of benzene rings is 3. The number of halogens is 1. The van der Waals surface area contributed by atoms with Gasteiger partial charge in [0.05, 0.1) is 0 Å². The van der Waals surface area contributed by atoms with E-state index < -0.39 is 18.3 Å². The van der Waals surface area contributed by atoms with Gasteiger partial charge in [-0.2, -0.15) is 0 Å². The summed E-state index contributed by atoms with van der Waals surface area (Å²) in [5, 5.41) is 23.2. The van der Waals surface area contributed by atoms with Crippen molar-refractivity contribution in [3.05, 3.63) is 87.9 Å². The lowest BCUT2D eigenvalue weighted by Gasteiger charge is -2.20. The molecule has 1 aliphatic rings. The van der Waals surface area contributed by atoms with Crippen molar-refractivity contribution in [1.82, 2.24) is 5.32 Å². The molecule has 1 aliphatic carbocycles. The molecule has 0 spiro atoms. The van der Waals surface area contributed by atoms with Crippen LogP contribution in [-0.2, 0) is 4.74 Å². The smallest absolute Gasteiger partial charge is 0.407 e. The van der Waals surface area contributed by atoms with Crippen LogP contribution in [0.1, 0.15) is 28.7 Å². The van der Waals surface area contributed by atoms with Gasteiger partial charge in [0, 0.05) is 28.2 Å². The number of nitrogens with two attached hydrogens (primary N) is 1. The van der Waals surface area contributed by atoms with E-state index in [-0.39, 0.29) is 19.1 Å². The Bertz CT molecular complexity index is 1060. The highest BCUT2D eigenvalue weighted by atomic mass is 79.9. The molecule has 3 aromatic rings. The highest BCUT2D eigenvalue weighted by Crippen LogP contribution is 2.44. The van der Waals surface area contributed by atoms with Crippen molar-refractivity contribution in [3.8, 4) is 11.1 Å². The maximum absolute atomic E-state index is 12.3. The van der Waals surface area contributed by atoms with Gasteiger partial charge in [0.25, 0.3) is 0 Å². The van der Waals surface area contributed by atoms with Gasteiger partial charge < -0.3 is 26.0 Å². The first-order valence-electron chi connectivity index (χ1n) is 9.95. The zero-order valence-electron chi connectivity index (χ0n) is 16.7. The van der Waals surface area contributed by atoms with Crippen LogP contribution in [0.3, 0.4) is 0 Å². The van der Waals surface area contributed by atoms with E-state index in [1.807, 2.05) is 36.4 Å². The molecule has 2 unspecified atom stereocenters. The van der Waals surface area contributed by atoms with Gasteiger partial charge in [-0.05, 0) is 40.5 Å². The summed E-state index contributed by atoms with van der Waals surface area (Å²) in [5.41, 5.74) is 11.2. The second-order valence-corrected chi connectivity index (χ2v) is 8.41. The van der Waals surface area contributed by atoms with Crippen LogP contribution >= 0.6 is 15.9 Å². The van der Waals surface area contributed by atoms with E-state index in [9.17, 15) is 15.0 Å². The van der Waals surface area contributed by atoms with Gasteiger partial charge in [-0.25, -0.2) is 4.79 Å². The number of hydrogen-bond acceptors (Lipinski definition) is 5. The number of amides is 1. The maximum atomic E-state index is 12.3. The molecule has 3 aromatic carbocycles. The van der Waals surface area contributed by atoms with Crippen LogP contribution in [0.5, 0.6) is 0 Å². The van der Waals surface area contributed by atoms with E-state index >= 15 is 0 Å². The number of alkyl carbamates (subject to hydrolysis) is 1. The number of nitrogens with one attached hydrogen (secondary N) is 1. The summed E-state index contributed by atoms with van der Waals surface area (Å²) in [6.45, 7) is 0.000876. The summed E-state index contributed by atoms with van der Waals surface area (Å²) in [6.07, 6.45) is -3.14. The number of carbonyl (C=O) groups is 1. The van der Waals surface area contributed by atoms with E-state index in [2.05, 4.69) is 33.4 Å². The number of ether oxygens (including phenoxy) is 1. The lowest BCUT2D eigenvalue weighted by atomic mass is 9.98. The molecule has 0 radical (unpaired) electrons. The molecular formula is C24H23BrN2O4. The van der Waals surface area contributed by atoms with Crippen molar-refractivity contribution < 1.29 is 19.7 Å². The topological polar surface area (TPSA) is 105 Å². The Hall–Kier alpha value is -2.87. The van der Waals surface area contributed by atoms with Crippen LogP contribution < -0.4 is 11.1 Å². The molecule has 0 aliphatic heterocycles. The van der Waals surface area contributed by atoms with Crippen LogP contribution in [0.2, 0.25) is 0 Å². The van der Waals surface area contributed by atoms with Crippen LogP contribution in [0.4, 0.5) is 10.5 Å². The van der Waals surface area contributed by atoms with Crippen LogP contribution in [-0.4, -0.2) is 35.6 Å². The molecule has 4 rings (SSSR count). The number of hydrogen-bond donors (Lipinski definition) is 4. The second kappa shape index (κ2) is 9.09. The molecule has 1 amide bonds. The quantitative estimate of drug-likeness (QED) is 0.398. The molecule has 0 saturated heterocycles. The summed E-state index contributed by atoms with van der Waals surface area (Å²) in [5.74, 6) is -0.0462. The molecule has 0 aromatic heterocycles. The average molecular weight is 483 g/mol. The van der Waals surface area contributed by atoms with Crippen molar-refractivity contribution in [2.45, 2.75) is 18.1 Å². The lowest BCUT2D eigenvalue weighted by Crippen LogP contribution is -2.36. The van der Waals surface area contributed by atoms with E-state index in [0.717, 1.165) is 26.7 Å². The number of rotatable bonds is 6. The van der Waals surface area contributed by atoms with Gasteiger partial charge in [-0.1, -0.05) is 64.5 Å². The normalized spacial score (nSPS) is 14.4. The Balaban J connectivity index is 1.35. The Morgan fingerprint density at radius 1 is 1.03 bits per heavy atom. The first-order chi connectivity index (χ1) is 15.0. The number of aliphatic hydroxyl groups is 2. The predicted octanol–water partition coefficient (Wildman–Crippen LogP) is 3.96. The van der Waals surface area contributed by atoms with Crippen LogP contribution in [0.25, 0.3) is 11.1 Å². The summed E-state index contributed by atoms with van der Waals surface area (Å²) in [4.78, 5) is 12.3. The second-order valence-electron chi connectivity index (χ2n) is 7.49. The van der Waals surface area contributed by atoms with Gasteiger partial charge in [0.2, 0.25) is 0 Å². The SMILES string of the molecule is Nc1ccc(Br)cc1C(O)C(O)CNC(=O)OCC1c2ccccc2-c2ccccc21. The largest absolute Gasteiger partial charge is 0.449 e. The van der Waals surface area contributed by atoms with Crippen molar-refractivity contribution in [3.63, 3.8) is 0 Å². The van der Waals surface area contributed by atoms with Crippen molar-refractivity contribution >= 4 is 27.7 Å². The number of nitrogen functional groups attached to an aromatic ring is 1. The third-order valence-electron chi connectivity index (χ3n) is 5.53. The van der Waals surface area contributed by atoms with Gasteiger partial charge in [-0.3, -0.25) is 0 Å². The molecule has 0 bridgehead atoms. The van der Waals surface area contributed by atoms with E-state index in [4.69, 9.17) is 10.5 Å². The van der Waals surface area contributed by atoms with Crippen LogP contribution in [0.15, 0.2) is 71.2 Å². The van der Waals surface area contributed by atoms with E-state index in [1.54, 1.807) is 18.2 Å². The fourth-order valence-electron chi connectivity index (χ4n) is 3.96. The zero-order chi connectivity index (χ0) is 22.0. The molecule has 6 nitrogen and oxygen atoms in total. The summed E-state index contributed by atoms with van der Waals surface area (Å²) in [7, 11) is 0. The number of aliphatic hydroxyl groups excluding tert-OH is 2. The minimum Gasteiger partial charge on any atom is -0.449 e. The average Bonchev–Trinajstić information content (AvgIpc) is 3.11. The molecule has 31 heavy (non-hydrogen) atoms. The number of anilines is 1. The van der Waals surface area contributed by atoms with Crippen LogP contribution in [0, 0.1) is 0 Å². The summed E-state index contributed by atoms with van der Waals surface area (Å²) in [6, 6.07) is 21.2. The fraction of sp³-hybridized carbons (Fsp3) is 0.208. The molecule has 5 N–H and O–H groups in total. The lowest BCUT2D eigenvalue weighted by molar-refractivity contribution is 0.0189. The highest BCUT2D eigenvalue weighted by molar-refractivity contribution is 9.10. The van der Waals surface area contributed by atoms with Crippen molar-refractivity contribution in [2.75, 3.05) is 18.9 Å². The summed E-state index contributed by atoms with van der Waals surface area (Å²) < 4.78 is 6.17. The monoisotopic (exact) mass is 482 g/mol. The molecular weight excluding hydrogens is 460 g/mol. The standard InChI is InChI=1S/C24H23BrN2O4/c25-14-9-10-21(26)19(11-14)23(29)22(28)12-27-24(30)31-13-20-17-7-3-1-5-15(17)16-6-2-4-8-18(16)20/h1-11,20,22-23,28-29H,12-13,26H2,(H,27,30). The Morgan fingerprint density at radius 2 is 1.65 bits per heavy atom. The van der Waals surface area contributed by atoms with Crippen molar-refractivity contribution in [1.29, 1.82) is 0 Å². The Morgan fingerprint density at radius 3 is 2.29 bits per heavy atom. The zero-order valence-corrected chi connectivity index (χ0v) is 18.2. The Kier molecular flexibility index (Phi) is 6.27. The van der Waals surface area contributed by atoms with Gasteiger partial charge in [0.1, 0.15) is 18.8 Å². The molecule has 0 fully saturated rings. The third-order valence-corrected chi connectivity index (χ3v) is 6.02. The highest BCUT2D eigenvalue weighted by Gasteiger charge is 2.29. The molecule has 160 valence electrons. The Labute approximate surface area is 188 Å². The van der Waals surface area contributed by atoms with Gasteiger partial charge >= 0.3 is 6.09 Å². The fourth-order valence-corrected chi connectivity index (χ4v) is 4.34. The molecule has 2 atom stereocenters. The van der Waals surface area contributed by atoms with E-state index in [1.165, 1.54) is 0 Å². The van der Waals surface area contributed by atoms with E-state index in [0.29, 0.717) is 11.3 Å². The minimum absolute atomic E-state index is 0.0462. The maximum Gasteiger partial charge on any atom is 0.407 e. The number of fused-ring (bicyclic) bond motifs is 3. The number of carbonyl (C=O) groups excluding carboxylic acids is 1. The molecule has 0 heterocycles. The van der Waals surface area contributed by atoms with Crippen molar-refractivity contribution in [2.24, 2.45) is 0 Å². The third kappa shape index (κ3) is 4.44. The first-order valence-corrected chi connectivity index (χ1v) is 10.7. The molecule has 0 saturated carbocycles. The minimum atomic E-state index is -1.24. The first kappa shape index (κ1) is 21.4. The van der Waals surface area contributed by atoms with Gasteiger partial charge in [-0.15, -0.1) is 0 Å². The summed E-state index contributed by atoms with van der Waals surface area (Å²) >= 11 is 3.31.